The number of carboxylic acid groups (broad SMARTS) is 1. The van der Waals surface area contributed by atoms with Crippen LogP contribution in [-0.4, -0.2) is 53.5 Å². The zero-order valence-electron chi connectivity index (χ0n) is 18.9. The fraction of sp³-hybridized carbons (Fsp3) is 0.222. The molecular weight excluding hydrogens is 448 g/mol. The molecule has 35 heavy (non-hydrogen) atoms. The summed E-state index contributed by atoms with van der Waals surface area (Å²) in [5.74, 6) is -2.20. The van der Waals surface area contributed by atoms with Gasteiger partial charge < -0.3 is 25.6 Å². The summed E-state index contributed by atoms with van der Waals surface area (Å²) in [5.41, 5.74) is 5.15. The molecule has 0 heterocycles. The molecule has 8 heteroatoms. The van der Waals surface area contributed by atoms with E-state index in [1.807, 2.05) is 78.9 Å². The number of hydrogen-bond acceptors (Lipinski definition) is 5. The highest BCUT2D eigenvalue weighted by Gasteiger charge is 2.30. The summed E-state index contributed by atoms with van der Waals surface area (Å²) in [6.45, 7) is -0.386. The van der Waals surface area contributed by atoms with Crippen LogP contribution in [-0.2, 0) is 20.7 Å². The number of aliphatic carboxylic acids is 1. The molecule has 1 aliphatic rings. The number of carbonyl (C=O) groups excluding carboxylic acids is 2. The fourth-order valence-electron chi connectivity index (χ4n) is 4.25. The van der Waals surface area contributed by atoms with E-state index in [4.69, 9.17) is 9.84 Å². The van der Waals surface area contributed by atoms with E-state index in [0.29, 0.717) is 0 Å². The van der Waals surface area contributed by atoms with Crippen molar-refractivity contribution < 1.29 is 29.3 Å². The highest BCUT2D eigenvalue weighted by Crippen LogP contribution is 2.44. The van der Waals surface area contributed by atoms with Crippen LogP contribution >= 0.6 is 0 Å². The lowest BCUT2D eigenvalue weighted by Crippen LogP contribution is -2.50. The lowest BCUT2D eigenvalue weighted by atomic mass is 9.98. The van der Waals surface area contributed by atoms with Gasteiger partial charge in [0.05, 0.1) is 6.54 Å². The zero-order chi connectivity index (χ0) is 24.8. The number of aliphatic hydroxyl groups excluding tert-OH is 1. The average molecular weight is 475 g/mol. The van der Waals surface area contributed by atoms with Crippen molar-refractivity contribution in [3.05, 3.63) is 95.6 Å². The van der Waals surface area contributed by atoms with Crippen molar-refractivity contribution in [2.24, 2.45) is 0 Å². The van der Waals surface area contributed by atoms with E-state index >= 15 is 0 Å². The van der Waals surface area contributed by atoms with Gasteiger partial charge >= 0.3 is 12.1 Å². The summed E-state index contributed by atoms with van der Waals surface area (Å²) in [6, 6.07) is 24.0. The number of ether oxygens (including phenoxy) is 1. The largest absolute Gasteiger partial charge is 0.479 e. The molecule has 0 aromatic heterocycles. The molecule has 0 saturated carbocycles. The van der Waals surface area contributed by atoms with Gasteiger partial charge in [0.1, 0.15) is 12.6 Å². The minimum Gasteiger partial charge on any atom is -0.479 e. The van der Waals surface area contributed by atoms with Crippen molar-refractivity contribution in [3.63, 3.8) is 0 Å². The van der Waals surface area contributed by atoms with E-state index < -0.39 is 36.7 Å². The number of amides is 2. The van der Waals surface area contributed by atoms with Crippen molar-refractivity contribution in [3.8, 4) is 11.1 Å². The second-order valence-electron chi connectivity index (χ2n) is 8.31. The van der Waals surface area contributed by atoms with Crippen molar-refractivity contribution >= 4 is 18.0 Å². The Labute approximate surface area is 202 Å². The summed E-state index contributed by atoms with van der Waals surface area (Å²) >= 11 is 0. The van der Waals surface area contributed by atoms with Crippen LogP contribution in [0, 0.1) is 0 Å². The van der Waals surface area contributed by atoms with Gasteiger partial charge in [0.15, 0.2) is 6.10 Å². The number of rotatable bonds is 9. The monoisotopic (exact) mass is 474 g/mol. The van der Waals surface area contributed by atoms with E-state index in [-0.39, 0.29) is 18.9 Å². The van der Waals surface area contributed by atoms with Gasteiger partial charge in [-0.15, -0.1) is 0 Å². The summed E-state index contributed by atoms with van der Waals surface area (Å²) in [7, 11) is 0. The van der Waals surface area contributed by atoms with Crippen molar-refractivity contribution in [2.75, 3.05) is 13.2 Å². The van der Waals surface area contributed by atoms with E-state index in [9.17, 15) is 19.5 Å². The molecule has 0 radical (unpaired) electrons. The van der Waals surface area contributed by atoms with Crippen LogP contribution in [0.3, 0.4) is 0 Å². The zero-order valence-corrected chi connectivity index (χ0v) is 18.9. The molecule has 3 aromatic carbocycles. The molecule has 0 fully saturated rings. The van der Waals surface area contributed by atoms with Crippen molar-refractivity contribution in [1.82, 2.24) is 10.6 Å². The Balaban J connectivity index is 1.43. The van der Waals surface area contributed by atoms with E-state index in [1.54, 1.807) is 0 Å². The second kappa shape index (κ2) is 10.8. The lowest BCUT2D eigenvalue weighted by Gasteiger charge is -2.20. The van der Waals surface area contributed by atoms with E-state index in [1.165, 1.54) is 0 Å². The van der Waals surface area contributed by atoms with Gasteiger partial charge in [0.25, 0.3) is 0 Å². The first-order chi connectivity index (χ1) is 16.9. The van der Waals surface area contributed by atoms with Gasteiger partial charge in [-0.05, 0) is 27.8 Å². The summed E-state index contributed by atoms with van der Waals surface area (Å²) < 4.78 is 5.55. The number of hydrogen-bond donors (Lipinski definition) is 4. The molecule has 1 aliphatic carbocycles. The van der Waals surface area contributed by atoms with Crippen molar-refractivity contribution in [2.45, 2.75) is 24.5 Å². The Morgan fingerprint density at radius 1 is 0.857 bits per heavy atom. The molecular formula is C27H26N2O6. The number of aliphatic hydroxyl groups is 1. The Hall–Kier alpha value is -4.17. The first-order valence-corrected chi connectivity index (χ1v) is 11.3. The lowest BCUT2D eigenvalue weighted by molar-refractivity contribution is -0.146. The number of alkyl carbamates (subject to hydrolysis) is 1. The number of fused-ring (bicyclic) bond motifs is 3. The van der Waals surface area contributed by atoms with Crippen LogP contribution in [0.25, 0.3) is 11.1 Å². The van der Waals surface area contributed by atoms with Crippen LogP contribution in [0.2, 0.25) is 0 Å². The Kier molecular flexibility index (Phi) is 7.42. The molecule has 4 rings (SSSR count). The van der Waals surface area contributed by atoms with E-state index in [0.717, 1.165) is 27.8 Å². The Morgan fingerprint density at radius 3 is 2.03 bits per heavy atom. The molecule has 0 bridgehead atoms. The number of benzene rings is 3. The van der Waals surface area contributed by atoms with E-state index in [2.05, 4.69) is 10.6 Å². The molecule has 4 N–H and O–H groups in total. The molecule has 0 saturated heterocycles. The average Bonchev–Trinajstić information content (AvgIpc) is 3.19. The van der Waals surface area contributed by atoms with Crippen LogP contribution < -0.4 is 10.6 Å². The number of nitrogens with one attached hydrogen (secondary N) is 2. The molecule has 0 spiro atoms. The molecule has 8 nitrogen and oxygen atoms in total. The van der Waals surface area contributed by atoms with Crippen LogP contribution in [0.15, 0.2) is 78.9 Å². The van der Waals surface area contributed by atoms with Crippen LogP contribution in [0.1, 0.15) is 22.6 Å². The van der Waals surface area contributed by atoms with Gasteiger partial charge in [-0.1, -0.05) is 78.9 Å². The van der Waals surface area contributed by atoms with Crippen LogP contribution in [0.5, 0.6) is 0 Å². The second-order valence-corrected chi connectivity index (χ2v) is 8.31. The third kappa shape index (κ3) is 5.67. The Bertz CT molecular complexity index is 1170. The predicted octanol–water partition coefficient (Wildman–Crippen LogP) is 2.70. The maximum absolute atomic E-state index is 12.7. The van der Waals surface area contributed by atoms with Gasteiger partial charge in [-0.25, -0.2) is 9.59 Å². The smallest absolute Gasteiger partial charge is 0.407 e. The molecule has 180 valence electrons. The highest BCUT2D eigenvalue weighted by molar-refractivity contribution is 5.86. The third-order valence-electron chi connectivity index (χ3n) is 5.99. The molecule has 3 aromatic rings. The van der Waals surface area contributed by atoms with Gasteiger partial charge in [-0.2, -0.15) is 0 Å². The molecule has 2 atom stereocenters. The minimum absolute atomic E-state index is 0.0945. The topological polar surface area (TPSA) is 125 Å². The predicted molar refractivity (Wildman–Crippen MR) is 129 cm³/mol. The Morgan fingerprint density at radius 2 is 1.43 bits per heavy atom. The third-order valence-corrected chi connectivity index (χ3v) is 5.99. The summed E-state index contributed by atoms with van der Waals surface area (Å²) in [4.78, 5) is 36.3. The number of carbonyl (C=O) groups is 3. The van der Waals surface area contributed by atoms with Crippen LogP contribution in [0.4, 0.5) is 4.79 Å². The maximum Gasteiger partial charge on any atom is 0.407 e. The van der Waals surface area contributed by atoms with Gasteiger partial charge in [0.2, 0.25) is 5.91 Å². The van der Waals surface area contributed by atoms with Gasteiger partial charge in [-0.3, -0.25) is 4.79 Å². The first kappa shape index (κ1) is 24.0. The minimum atomic E-state index is -1.74. The first-order valence-electron chi connectivity index (χ1n) is 11.3. The van der Waals surface area contributed by atoms with Gasteiger partial charge in [0, 0.05) is 12.3 Å². The van der Waals surface area contributed by atoms with Crippen molar-refractivity contribution in [1.29, 1.82) is 0 Å². The standard InChI is InChI=1S/C27H26N2O6/c30-24(26(32)33)15-28-25(31)23(14-17-8-2-1-3-9-17)29-27(34)35-16-22-20-12-6-4-10-18(20)19-11-5-7-13-21(19)22/h1-13,22-24,30H,14-16H2,(H,28,31)(H,29,34)(H,32,33)/t23?,24-/m0/s1. The normalized spacial score (nSPS) is 13.7. The quantitative estimate of drug-likeness (QED) is 0.378. The number of carboxylic acids is 1. The molecule has 2 amide bonds. The fourth-order valence-corrected chi connectivity index (χ4v) is 4.25. The summed E-state index contributed by atoms with van der Waals surface area (Å²) in [5, 5.41) is 23.3. The SMILES string of the molecule is O=C(NC(Cc1ccccc1)C(=O)NC[C@H](O)C(=O)O)OCC1c2ccccc2-c2ccccc21. The highest BCUT2D eigenvalue weighted by atomic mass is 16.5. The molecule has 0 aliphatic heterocycles. The molecule has 1 unspecified atom stereocenters. The summed E-state index contributed by atoms with van der Waals surface area (Å²) in [6.07, 6.45) is -2.34. The maximum atomic E-state index is 12.7.